The Morgan fingerprint density at radius 2 is 2.29 bits per heavy atom. The SMILES string of the molecule is CCc1cc(CC(N)c2csnn2)n(CC)n1. The summed E-state index contributed by atoms with van der Waals surface area (Å²) >= 11 is 1.33. The van der Waals surface area contributed by atoms with Crippen molar-refractivity contribution in [2.24, 2.45) is 5.73 Å². The Morgan fingerprint density at radius 1 is 1.47 bits per heavy atom. The summed E-state index contributed by atoms with van der Waals surface area (Å²) in [5.41, 5.74) is 9.25. The van der Waals surface area contributed by atoms with Gasteiger partial charge in [0, 0.05) is 24.0 Å². The number of hydrogen-bond acceptors (Lipinski definition) is 5. The molecule has 0 spiro atoms. The van der Waals surface area contributed by atoms with Crippen LogP contribution < -0.4 is 5.73 Å². The maximum atomic E-state index is 6.11. The standard InChI is InChI=1S/C11H17N5S/c1-3-8-5-9(16(4-2)14-8)6-10(12)11-7-17-15-13-11/h5,7,10H,3-4,6,12H2,1-2H3. The Hall–Kier alpha value is -1.27. The minimum atomic E-state index is -0.0968. The van der Waals surface area contributed by atoms with Crippen LogP contribution in [0.25, 0.3) is 0 Å². The molecule has 0 saturated carbocycles. The second-order valence-corrected chi connectivity index (χ2v) is 4.55. The van der Waals surface area contributed by atoms with Gasteiger partial charge in [-0.2, -0.15) is 5.10 Å². The Kier molecular flexibility index (Phi) is 3.86. The molecule has 6 heteroatoms. The molecule has 0 radical (unpaired) electrons. The van der Waals surface area contributed by atoms with Crippen molar-refractivity contribution in [3.8, 4) is 0 Å². The topological polar surface area (TPSA) is 69.6 Å². The maximum Gasteiger partial charge on any atom is 0.0926 e. The molecule has 2 N–H and O–H groups in total. The van der Waals surface area contributed by atoms with Crippen LogP contribution >= 0.6 is 11.5 Å². The zero-order chi connectivity index (χ0) is 12.3. The molecule has 0 amide bonds. The molecule has 0 saturated heterocycles. The number of hydrogen-bond donors (Lipinski definition) is 1. The van der Waals surface area contributed by atoms with Gasteiger partial charge in [-0.05, 0) is 30.9 Å². The lowest BCUT2D eigenvalue weighted by atomic mass is 10.1. The van der Waals surface area contributed by atoms with Crippen molar-refractivity contribution in [3.05, 3.63) is 28.5 Å². The highest BCUT2D eigenvalue weighted by Gasteiger charge is 2.14. The van der Waals surface area contributed by atoms with Crippen LogP contribution in [-0.4, -0.2) is 19.4 Å². The third kappa shape index (κ3) is 2.70. The highest BCUT2D eigenvalue weighted by atomic mass is 32.1. The van der Waals surface area contributed by atoms with E-state index in [4.69, 9.17) is 5.73 Å². The van der Waals surface area contributed by atoms with Gasteiger partial charge >= 0.3 is 0 Å². The van der Waals surface area contributed by atoms with Crippen molar-refractivity contribution >= 4 is 11.5 Å². The molecule has 17 heavy (non-hydrogen) atoms. The summed E-state index contributed by atoms with van der Waals surface area (Å²) in [6.45, 7) is 5.07. The van der Waals surface area contributed by atoms with Crippen molar-refractivity contribution in [1.29, 1.82) is 0 Å². The zero-order valence-corrected chi connectivity index (χ0v) is 10.9. The van der Waals surface area contributed by atoms with E-state index in [9.17, 15) is 0 Å². The molecular formula is C11H17N5S. The highest BCUT2D eigenvalue weighted by Crippen LogP contribution is 2.16. The van der Waals surface area contributed by atoms with Crippen molar-refractivity contribution in [2.45, 2.75) is 39.3 Å². The van der Waals surface area contributed by atoms with Gasteiger partial charge in [-0.15, -0.1) is 5.10 Å². The van der Waals surface area contributed by atoms with Crippen LogP contribution in [0.4, 0.5) is 0 Å². The smallest absolute Gasteiger partial charge is 0.0926 e. The fraction of sp³-hybridized carbons (Fsp3) is 0.545. The van der Waals surface area contributed by atoms with Crippen LogP contribution in [0.15, 0.2) is 11.4 Å². The number of nitrogens with two attached hydrogens (primary N) is 1. The molecule has 0 aromatic carbocycles. The molecule has 2 heterocycles. The summed E-state index contributed by atoms with van der Waals surface area (Å²) in [4.78, 5) is 0. The summed E-state index contributed by atoms with van der Waals surface area (Å²) < 4.78 is 5.85. The van der Waals surface area contributed by atoms with E-state index in [2.05, 4.69) is 34.6 Å². The summed E-state index contributed by atoms with van der Waals surface area (Å²) in [6, 6.07) is 2.03. The van der Waals surface area contributed by atoms with E-state index in [0.29, 0.717) is 0 Å². The van der Waals surface area contributed by atoms with Crippen molar-refractivity contribution in [1.82, 2.24) is 19.4 Å². The molecule has 0 fully saturated rings. The highest BCUT2D eigenvalue weighted by molar-refractivity contribution is 7.03. The predicted octanol–water partition coefficient (Wildman–Crippen LogP) is 1.56. The second-order valence-electron chi connectivity index (χ2n) is 3.94. The van der Waals surface area contributed by atoms with Crippen LogP contribution in [0.3, 0.4) is 0 Å². The van der Waals surface area contributed by atoms with Gasteiger partial charge in [0.1, 0.15) is 0 Å². The third-order valence-electron chi connectivity index (χ3n) is 2.76. The molecule has 1 unspecified atom stereocenters. The van der Waals surface area contributed by atoms with Crippen molar-refractivity contribution in [2.75, 3.05) is 0 Å². The quantitative estimate of drug-likeness (QED) is 0.875. The van der Waals surface area contributed by atoms with Gasteiger partial charge in [0.25, 0.3) is 0 Å². The van der Waals surface area contributed by atoms with E-state index in [-0.39, 0.29) is 6.04 Å². The molecular weight excluding hydrogens is 234 g/mol. The Bertz CT molecular complexity index is 462. The normalized spacial score (nSPS) is 12.9. The molecule has 0 bridgehead atoms. The first-order chi connectivity index (χ1) is 8.24. The molecule has 0 aliphatic carbocycles. The minimum Gasteiger partial charge on any atom is -0.322 e. The zero-order valence-electron chi connectivity index (χ0n) is 10.1. The largest absolute Gasteiger partial charge is 0.322 e. The van der Waals surface area contributed by atoms with E-state index in [1.165, 1.54) is 17.2 Å². The average molecular weight is 251 g/mol. The lowest BCUT2D eigenvalue weighted by molar-refractivity contribution is 0.580. The van der Waals surface area contributed by atoms with Crippen molar-refractivity contribution < 1.29 is 0 Å². The van der Waals surface area contributed by atoms with Crippen LogP contribution in [0.2, 0.25) is 0 Å². The van der Waals surface area contributed by atoms with Crippen LogP contribution in [0.5, 0.6) is 0 Å². The van der Waals surface area contributed by atoms with E-state index < -0.39 is 0 Å². The molecule has 5 nitrogen and oxygen atoms in total. The number of rotatable bonds is 5. The average Bonchev–Trinajstić information content (AvgIpc) is 2.97. The number of aryl methyl sites for hydroxylation is 2. The molecule has 92 valence electrons. The second kappa shape index (κ2) is 5.37. The molecule has 1 atom stereocenters. The predicted molar refractivity (Wildman–Crippen MR) is 67.8 cm³/mol. The first kappa shape index (κ1) is 12.2. The van der Waals surface area contributed by atoms with Crippen LogP contribution in [0, 0.1) is 0 Å². The van der Waals surface area contributed by atoms with Gasteiger partial charge in [-0.25, -0.2) is 0 Å². The van der Waals surface area contributed by atoms with E-state index >= 15 is 0 Å². The minimum absolute atomic E-state index is 0.0968. The lowest BCUT2D eigenvalue weighted by Gasteiger charge is -2.09. The number of nitrogens with zero attached hydrogens (tertiary/aromatic N) is 4. The maximum absolute atomic E-state index is 6.11. The molecule has 2 rings (SSSR count). The van der Waals surface area contributed by atoms with Crippen LogP contribution in [-0.2, 0) is 19.4 Å². The molecule has 0 aliphatic heterocycles. The molecule has 0 aliphatic rings. The third-order valence-corrected chi connectivity index (χ3v) is 3.28. The lowest BCUT2D eigenvalue weighted by Crippen LogP contribution is -2.16. The van der Waals surface area contributed by atoms with E-state index in [1.54, 1.807) is 0 Å². The Balaban J connectivity index is 2.15. The first-order valence-electron chi connectivity index (χ1n) is 5.82. The Labute approximate surface area is 105 Å². The monoisotopic (exact) mass is 251 g/mol. The van der Waals surface area contributed by atoms with Gasteiger partial charge in [0.15, 0.2) is 0 Å². The summed E-state index contributed by atoms with van der Waals surface area (Å²) in [5.74, 6) is 0. The van der Waals surface area contributed by atoms with Crippen molar-refractivity contribution in [3.63, 3.8) is 0 Å². The summed E-state index contributed by atoms with van der Waals surface area (Å²) in [5, 5.41) is 10.4. The van der Waals surface area contributed by atoms with Gasteiger partial charge in [0.2, 0.25) is 0 Å². The van der Waals surface area contributed by atoms with Gasteiger partial charge in [-0.1, -0.05) is 11.4 Å². The Morgan fingerprint density at radius 3 is 2.88 bits per heavy atom. The fourth-order valence-corrected chi connectivity index (χ4v) is 2.31. The van der Waals surface area contributed by atoms with Gasteiger partial charge in [0.05, 0.1) is 17.4 Å². The molecule has 2 aromatic heterocycles. The van der Waals surface area contributed by atoms with Gasteiger partial charge in [-0.3, -0.25) is 4.68 Å². The first-order valence-corrected chi connectivity index (χ1v) is 6.66. The van der Waals surface area contributed by atoms with Gasteiger partial charge < -0.3 is 5.73 Å². The summed E-state index contributed by atoms with van der Waals surface area (Å²) in [6.07, 6.45) is 1.71. The van der Waals surface area contributed by atoms with Crippen LogP contribution in [0.1, 0.15) is 37.0 Å². The van der Waals surface area contributed by atoms with E-state index in [0.717, 1.165) is 30.8 Å². The fourth-order valence-electron chi connectivity index (χ4n) is 1.79. The number of aromatic nitrogens is 4. The van der Waals surface area contributed by atoms with E-state index in [1.807, 2.05) is 10.1 Å². The summed E-state index contributed by atoms with van der Waals surface area (Å²) in [7, 11) is 0. The molecule has 2 aromatic rings.